The van der Waals surface area contributed by atoms with Gasteiger partial charge in [0.05, 0.1) is 5.54 Å². The van der Waals surface area contributed by atoms with Crippen LogP contribution in [0.5, 0.6) is 5.75 Å². The molecule has 2 aromatic rings. The van der Waals surface area contributed by atoms with Crippen LogP contribution in [-0.2, 0) is 21.2 Å². The van der Waals surface area contributed by atoms with Crippen LogP contribution < -0.4 is 9.46 Å². The van der Waals surface area contributed by atoms with Crippen LogP contribution in [0, 0.1) is 0 Å². The van der Waals surface area contributed by atoms with E-state index in [0.29, 0.717) is 12.4 Å². The van der Waals surface area contributed by atoms with Crippen LogP contribution in [0.3, 0.4) is 0 Å². The highest BCUT2D eigenvalue weighted by atomic mass is 32.3. The van der Waals surface area contributed by atoms with Gasteiger partial charge < -0.3 is 9.29 Å². The maximum Gasteiger partial charge on any atom is 0.216 e. The van der Waals surface area contributed by atoms with Gasteiger partial charge >= 0.3 is 0 Å². The van der Waals surface area contributed by atoms with E-state index in [0.717, 1.165) is 32.5 Å². The minimum atomic E-state index is -3.55. The van der Waals surface area contributed by atoms with E-state index in [-0.39, 0.29) is 4.90 Å². The maximum absolute atomic E-state index is 12.7. The first-order valence-corrected chi connectivity index (χ1v) is 10.4. The summed E-state index contributed by atoms with van der Waals surface area (Å²) in [7, 11) is -3.55. The molecule has 4 rings (SSSR count). The highest BCUT2D eigenvalue weighted by molar-refractivity contribution is 7.96. The molecule has 3 heterocycles. The Bertz CT molecular complexity index is 755. The van der Waals surface area contributed by atoms with Crippen molar-refractivity contribution in [2.75, 3.05) is 19.7 Å². The lowest BCUT2D eigenvalue weighted by molar-refractivity contribution is 0.102. The monoisotopic (exact) mass is 364 g/mol. The Labute approximate surface area is 147 Å². The summed E-state index contributed by atoms with van der Waals surface area (Å²) in [6.07, 6.45) is 1.51. The topological polar surface area (TPSA) is 64.6 Å². The smallest absolute Gasteiger partial charge is 0.216 e. The Morgan fingerprint density at radius 1 is 1.25 bits per heavy atom. The lowest BCUT2D eigenvalue weighted by atomic mass is 9.89. The van der Waals surface area contributed by atoms with Crippen molar-refractivity contribution in [3.05, 3.63) is 46.7 Å². The van der Waals surface area contributed by atoms with E-state index < -0.39 is 15.9 Å². The van der Waals surface area contributed by atoms with Crippen molar-refractivity contribution >= 4 is 21.7 Å². The fourth-order valence-electron chi connectivity index (χ4n) is 3.39. The molecular formula is C17H20N2O3S2. The number of rotatable bonds is 2. The minimum Gasteiger partial charge on any atom is -0.593 e. The van der Waals surface area contributed by atoms with Crippen LogP contribution >= 0.6 is 11.3 Å². The van der Waals surface area contributed by atoms with E-state index in [1.807, 2.05) is 0 Å². The Morgan fingerprint density at radius 3 is 2.79 bits per heavy atom. The molecule has 24 heavy (non-hydrogen) atoms. The number of likely N-dealkylation sites (tertiary alicyclic amines) is 1. The Kier molecular flexibility index (Phi) is 4.22. The molecular weight excluding hydrogens is 344 g/mol. The van der Waals surface area contributed by atoms with Gasteiger partial charge in [0.25, 0.3) is 0 Å². The lowest BCUT2D eigenvalue weighted by Gasteiger charge is -2.40. The number of fused-ring (bicyclic) bond motifs is 1. The fourth-order valence-corrected chi connectivity index (χ4v) is 5.72. The largest absolute Gasteiger partial charge is 0.593 e. The zero-order valence-electron chi connectivity index (χ0n) is 13.3. The number of piperidine rings is 1. The van der Waals surface area contributed by atoms with E-state index in [1.54, 1.807) is 35.6 Å². The number of hydrogen-bond acceptors (Lipinski definition) is 5. The molecule has 1 aromatic heterocycles. The van der Waals surface area contributed by atoms with Gasteiger partial charge in [0, 0.05) is 24.5 Å². The molecule has 128 valence electrons. The predicted molar refractivity (Wildman–Crippen MR) is 93.7 cm³/mol. The molecule has 2 aliphatic heterocycles. The van der Waals surface area contributed by atoms with Crippen molar-refractivity contribution in [1.29, 1.82) is 0 Å². The van der Waals surface area contributed by atoms with Crippen LogP contribution in [-0.4, -0.2) is 34.7 Å². The number of nitrogens with one attached hydrogen (secondary N) is 1. The third-order valence-electron chi connectivity index (χ3n) is 4.77. The van der Waals surface area contributed by atoms with Gasteiger partial charge in [-0.05, 0) is 36.4 Å². The number of thiophene rings is 1. The third-order valence-corrected chi connectivity index (χ3v) is 7.25. The lowest BCUT2D eigenvalue weighted by Crippen LogP contribution is -2.58. The van der Waals surface area contributed by atoms with Gasteiger partial charge in [0.1, 0.15) is 6.61 Å². The molecule has 7 heteroatoms. The van der Waals surface area contributed by atoms with Crippen LogP contribution in [0.1, 0.15) is 17.7 Å². The summed E-state index contributed by atoms with van der Waals surface area (Å²) in [4.78, 5) is 3.96. The van der Waals surface area contributed by atoms with Gasteiger partial charge in [-0.2, -0.15) is 0 Å². The first-order valence-electron chi connectivity index (χ1n) is 8.07. The zero-order chi connectivity index (χ0) is 16.6. The average Bonchev–Trinajstić information content (AvgIpc) is 3.05. The summed E-state index contributed by atoms with van der Waals surface area (Å²) < 4.78 is 34.2. The molecule has 1 atom stereocenters. The molecule has 0 amide bonds. The van der Waals surface area contributed by atoms with E-state index in [4.69, 9.17) is 4.74 Å². The summed E-state index contributed by atoms with van der Waals surface area (Å²) >= 11 is 1.76. The molecule has 5 nitrogen and oxygen atoms in total. The normalized spacial score (nSPS) is 26.5. The first-order chi connectivity index (χ1) is 11.6. The number of sulfonamides is 1. The predicted octanol–water partition coefficient (Wildman–Crippen LogP) is 2.67. The second-order valence-corrected chi connectivity index (χ2v) is 9.16. The number of para-hydroxylation sites is 1. The van der Waals surface area contributed by atoms with Crippen LogP contribution in [0.15, 0.2) is 46.7 Å². The first kappa shape index (κ1) is 16.2. The summed E-state index contributed by atoms with van der Waals surface area (Å²) in [6.45, 7) is 3.04. The second kappa shape index (κ2) is 6.24. The van der Waals surface area contributed by atoms with Crippen LogP contribution in [0.25, 0.3) is 0 Å². The molecule has 0 radical (unpaired) electrons. The van der Waals surface area contributed by atoms with Gasteiger partial charge in [-0.1, -0.05) is 22.4 Å². The quantitative estimate of drug-likeness (QED) is 0.832. The molecule has 1 aromatic carbocycles. The minimum absolute atomic E-state index is 0.239. The average molecular weight is 364 g/mol. The van der Waals surface area contributed by atoms with Crippen molar-refractivity contribution in [2.24, 2.45) is 0 Å². The molecule has 2 aliphatic rings. The van der Waals surface area contributed by atoms with E-state index >= 15 is 0 Å². The van der Waals surface area contributed by atoms with Crippen molar-refractivity contribution in [3.63, 3.8) is 0 Å². The zero-order valence-corrected chi connectivity index (χ0v) is 14.9. The highest BCUT2D eigenvalue weighted by Crippen LogP contribution is 2.35. The number of nitrogens with zero attached hydrogens (tertiary/aromatic N) is 1. The van der Waals surface area contributed by atoms with Gasteiger partial charge in [-0.15, -0.1) is 16.1 Å². The van der Waals surface area contributed by atoms with E-state index in [1.165, 1.54) is 4.88 Å². The Morgan fingerprint density at radius 2 is 2.04 bits per heavy atom. The SMILES string of the molecule is O=[S+]1([O-])NC2(CCN(Cc3cccs3)CC2)COc2ccccc21. The van der Waals surface area contributed by atoms with Crippen molar-refractivity contribution in [1.82, 2.24) is 9.62 Å². The van der Waals surface area contributed by atoms with Crippen molar-refractivity contribution in [3.8, 4) is 5.75 Å². The van der Waals surface area contributed by atoms with Gasteiger partial charge in [-0.3, -0.25) is 4.90 Å². The highest BCUT2D eigenvalue weighted by Gasteiger charge is 2.45. The molecule has 0 saturated carbocycles. The van der Waals surface area contributed by atoms with Crippen LogP contribution in [0.4, 0.5) is 0 Å². The standard InChI is InChI=1S/C17H20N2O3S2/c20-24(21)16-6-2-1-5-15(16)22-13-17(18-24)7-9-19(10-8-17)12-14-4-3-11-23-14/h1-6,11H,7-10,12-13H2,(H-,18,20,21). The number of hydrogen-bond donors (Lipinski definition) is 1. The number of ether oxygens (including phenoxy) is 1. The van der Waals surface area contributed by atoms with Gasteiger partial charge in [0.15, 0.2) is 16.1 Å². The maximum atomic E-state index is 12.7. The Balaban J connectivity index is 1.49. The van der Waals surface area contributed by atoms with Crippen molar-refractivity contribution < 1.29 is 13.5 Å². The summed E-state index contributed by atoms with van der Waals surface area (Å²) in [5, 5.41) is 2.09. The van der Waals surface area contributed by atoms with E-state index in [9.17, 15) is 8.76 Å². The Hall–Kier alpha value is -1.25. The van der Waals surface area contributed by atoms with Gasteiger partial charge in [0.2, 0.25) is 4.90 Å². The molecule has 0 bridgehead atoms. The van der Waals surface area contributed by atoms with E-state index in [2.05, 4.69) is 27.1 Å². The number of benzene rings is 1. The molecule has 1 N–H and O–H groups in total. The molecule has 1 unspecified atom stereocenters. The molecule has 1 spiro atoms. The second-order valence-electron chi connectivity index (χ2n) is 6.48. The summed E-state index contributed by atoms with van der Waals surface area (Å²) in [6, 6.07) is 11.1. The molecule has 1 fully saturated rings. The third kappa shape index (κ3) is 3.14. The molecule has 1 saturated heterocycles. The van der Waals surface area contributed by atoms with Gasteiger partial charge in [-0.25, -0.2) is 0 Å². The summed E-state index contributed by atoms with van der Waals surface area (Å²) in [5.74, 6) is 0.447. The summed E-state index contributed by atoms with van der Waals surface area (Å²) in [5.41, 5.74) is -0.510. The fraction of sp³-hybridized carbons (Fsp3) is 0.412. The van der Waals surface area contributed by atoms with Crippen LogP contribution in [0.2, 0.25) is 0 Å². The van der Waals surface area contributed by atoms with Crippen molar-refractivity contribution in [2.45, 2.75) is 29.8 Å². The molecule has 0 aliphatic carbocycles.